The van der Waals surface area contributed by atoms with Gasteiger partial charge in [0.2, 0.25) is 5.91 Å². The summed E-state index contributed by atoms with van der Waals surface area (Å²) < 4.78 is 1.45. The lowest BCUT2D eigenvalue weighted by Crippen LogP contribution is -2.45. The van der Waals surface area contributed by atoms with Crippen molar-refractivity contribution in [3.8, 4) is 0 Å². The lowest BCUT2D eigenvalue weighted by molar-refractivity contribution is -0.121. The normalized spacial score (nSPS) is 19.8. The number of carboxylic acid groups (broad SMARTS) is 1. The molecule has 0 aliphatic carbocycles. The van der Waals surface area contributed by atoms with E-state index in [0.29, 0.717) is 12.6 Å². The van der Waals surface area contributed by atoms with E-state index in [-0.39, 0.29) is 18.1 Å². The second-order valence-electron chi connectivity index (χ2n) is 5.26. The monoisotopic (exact) mass is 279 g/mol. The van der Waals surface area contributed by atoms with Gasteiger partial charge in [0.05, 0.1) is 0 Å². The largest absolute Gasteiger partial charge is 0.477 e. The number of hydrogen-bond acceptors (Lipinski definition) is 3. The number of carboxylic acids is 1. The Balaban J connectivity index is 1.83. The first-order valence-corrected chi connectivity index (χ1v) is 6.93. The SMILES string of the molecule is CN1CCCCC1CNC(=O)Cn1cccc1C(=O)O. The van der Waals surface area contributed by atoms with Crippen LogP contribution in [0.2, 0.25) is 0 Å². The number of amides is 1. The Hall–Kier alpha value is -1.82. The quantitative estimate of drug-likeness (QED) is 0.835. The molecule has 1 saturated heterocycles. The highest BCUT2D eigenvalue weighted by molar-refractivity contribution is 5.86. The third kappa shape index (κ3) is 3.60. The Bertz CT molecular complexity index is 484. The first-order valence-electron chi connectivity index (χ1n) is 6.93. The summed E-state index contributed by atoms with van der Waals surface area (Å²) in [5.41, 5.74) is 0.134. The van der Waals surface area contributed by atoms with Crippen LogP contribution in [-0.4, -0.2) is 52.6 Å². The van der Waals surface area contributed by atoms with Crippen molar-refractivity contribution in [3.05, 3.63) is 24.0 Å². The van der Waals surface area contributed by atoms with E-state index in [0.717, 1.165) is 13.0 Å². The predicted octanol–water partition coefficient (Wildman–Crippen LogP) is 0.787. The lowest BCUT2D eigenvalue weighted by atomic mass is 10.0. The maximum atomic E-state index is 11.9. The molecule has 1 fully saturated rings. The van der Waals surface area contributed by atoms with Crippen LogP contribution in [0.3, 0.4) is 0 Å². The summed E-state index contributed by atoms with van der Waals surface area (Å²) in [6.45, 7) is 1.74. The van der Waals surface area contributed by atoms with E-state index < -0.39 is 5.97 Å². The van der Waals surface area contributed by atoms with Gasteiger partial charge in [-0.25, -0.2) is 4.79 Å². The maximum Gasteiger partial charge on any atom is 0.352 e. The van der Waals surface area contributed by atoms with Gasteiger partial charge in [-0.1, -0.05) is 6.42 Å². The molecule has 6 heteroatoms. The van der Waals surface area contributed by atoms with Crippen LogP contribution in [0.15, 0.2) is 18.3 Å². The van der Waals surface area contributed by atoms with Crippen molar-refractivity contribution in [1.29, 1.82) is 0 Å². The molecule has 1 amide bonds. The number of carbonyl (C=O) groups is 2. The molecule has 1 atom stereocenters. The minimum absolute atomic E-state index is 0.0467. The van der Waals surface area contributed by atoms with Crippen LogP contribution in [0.4, 0.5) is 0 Å². The number of piperidine rings is 1. The molecule has 2 heterocycles. The number of nitrogens with one attached hydrogen (secondary N) is 1. The fraction of sp³-hybridized carbons (Fsp3) is 0.571. The van der Waals surface area contributed by atoms with E-state index in [1.165, 1.54) is 23.5 Å². The van der Waals surface area contributed by atoms with Gasteiger partial charge in [0.15, 0.2) is 0 Å². The predicted molar refractivity (Wildman–Crippen MR) is 74.7 cm³/mol. The van der Waals surface area contributed by atoms with Crippen LogP contribution in [0.25, 0.3) is 0 Å². The smallest absolute Gasteiger partial charge is 0.352 e. The zero-order valence-electron chi connectivity index (χ0n) is 11.7. The number of aromatic carboxylic acids is 1. The maximum absolute atomic E-state index is 11.9. The summed E-state index contributed by atoms with van der Waals surface area (Å²) in [5, 5.41) is 11.9. The van der Waals surface area contributed by atoms with Crippen molar-refractivity contribution in [1.82, 2.24) is 14.8 Å². The molecule has 1 aliphatic rings. The molecule has 1 unspecified atom stereocenters. The Morgan fingerprint density at radius 1 is 1.45 bits per heavy atom. The van der Waals surface area contributed by atoms with Gasteiger partial charge >= 0.3 is 5.97 Å². The summed E-state index contributed by atoms with van der Waals surface area (Å²) >= 11 is 0. The fourth-order valence-electron chi connectivity index (χ4n) is 2.59. The molecule has 2 N–H and O–H groups in total. The van der Waals surface area contributed by atoms with Crippen LogP contribution < -0.4 is 5.32 Å². The van der Waals surface area contributed by atoms with Crippen LogP contribution in [0, 0.1) is 0 Å². The molecule has 6 nitrogen and oxygen atoms in total. The van der Waals surface area contributed by atoms with E-state index in [2.05, 4.69) is 17.3 Å². The minimum atomic E-state index is -1.02. The Kier molecular flexibility index (Phi) is 4.79. The van der Waals surface area contributed by atoms with Gasteiger partial charge in [-0.3, -0.25) is 4.79 Å². The van der Waals surface area contributed by atoms with E-state index in [4.69, 9.17) is 5.11 Å². The zero-order chi connectivity index (χ0) is 14.5. The van der Waals surface area contributed by atoms with Crippen LogP contribution in [-0.2, 0) is 11.3 Å². The third-order valence-electron chi connectivity index (χ3n) is 3.82. The highest BCUT2D eigenvalue weighted by Crippen LogP contribution is 2.13. The molecular weight excluding hydrogens is 258 g/mol. The van der Waals surface area contributed by atoms with Crippen molar-refractivity contribution in [2.45, 2.75) is 31.8 Å². The van der Waals surface area contributed by atoms with E-state index in [1.807, 2.05) is 0 Å². The average Bonchev–Trinajstić information content (AvgIpc) is 2.86. The van der Waals surface area contributed by atoms with E-state index in [1.54, 1.807) is 12.3 Å². The topological polar surface area (TPSA) is 74.6 Å². The summed E-state index contributed by atoms with van der Waals surface area (Å²) in [6, 6.07) is 3.51. The molecule has 0 bridgehead atoms. The summed E-state index contributed by atoms with van der Waals surface area (Å²) in [6.07, 6.45) is 5.12. The summed E-state index contributed by atoms with van der Waals surface area (Å²) in [7, 11) is 2.07. The molecular formula is C14H21N3O3. The second kappa shape index (κ2) is 6.56. The Morgan fingerprint density at radius 2 is 2.25 bits per heavy atom. The Labute approximate surface area is 118 Å². The first-order chi connectivity index (χ1) is 9.58. The molecule has 1 aromatic rings. The number of likely N-dealkylation sites (tertiary alicyclic amines) is 1. The molecule has 0 spiro atoms. The standard InChI is InChI=1S/C14H21N3O3/c1-16-7-3-2-5-11(16)9-15-13(18)10-17-8-4-6-12(17)14(19)20/h4,6,8,11H,2-3,5,7,9-10H2,1H3,(H,15,18)(H,19,20). The van der Waals surface area contributed by atoms with Crippen molar-refractivity contribution in [3.63, 3.8) is 0 Å². The number of nitrogens with zero attached hydrogens (tertiary/aromatic N) is 2. The highest BCUT2D eigenvalue weighted by Gasteiger charge is 2.19. The van der Waals surface area contributed by atoms with Gasteiger partial charge in [0.1, 0.15) is 12.2 Å². The van der Waals surface area contributed by atoms with Gasteiger partial charge in [-0.05, 0) is 38.6 Å². The van der Waals surface area contributed by atoms with Crippen molar-refractivity contribution in [2.75, 3.05) is 20.1 Å². The van der Waals surface area contributed by atoms with Gasteiger partial charge in [0.25, 0.3) is 0 Å². The van der Waals surface area contributed by atoms with Crippen LogP contribution in [0.5, 0.6) is 0 Å². The molecule has 2 rings (SSSR count). The van der Waals surface area contributed by atoms with Gasteiger partial charge < -0.3 is 19.9 Å². The fourth-order valence-corrected chi connectivity index (χ4v) is 2.59. The third-order valence-corrected chi connectivity index (χ3v) is 3.82. The molecule has 0 aromatic carbocycles. The lowest BCUT2D eigenvalue weighted by Gasteiger charge is -2.32. The van der Waals surface area contributed by atoms with Gasteiger partial charge in [-0.2, -0.15) is 0 Å². The average molecular weight is 279 g/mol. The van der Waals surface area contributed by atoms with E-state index >= 15 is 0 Å². The van der Waals surface area contributed by atoms with Gasteiger partial charge in [-0.15, -0.1) is 0 Å². The second-order valence-corrected chi connectivity index (χ2v) is 5.26. The van der Waals surface area contributed by atoms with Crippen molar-refractivity contribution >= 4 is 11.9 Å². The van der Waals surface area contributed by atoms with E-state index in [9.17, 15) is 9.59 Å². The van der Waals surface area contributed by atoms with Gasteiger partial charge in [0, 0.05) is 18.8 Å². The first kappa shape index (κ1) is 14.6. The number of hydrogen-bond donors (Lipinski definition) is 2. The number of aromatic nitrogens is 1. The van der Waals surface area contributed by atoms with Crippen molar-refractivity contribution in [2.24, 2.45) is 0 Å². The zero-order valence-corrected chi connectivity index (χ0v) is 11.7. The molecule has 110 valence electrons. The molecule has 0 radical (unpaired) electrons. The number of likely N-dealkylation sites (N-methyl/N-ethyl adjacent to an activating group) is 1. The highest BCUT2D eigenvalue weighted by atomic mass is 16.4. The molecule has 1 aromatic heterocycles. The summed E-state index contributed by atoms with van der Waals surface area (Å²) in [4.78, 5) is 25.1. The molecule has 20 heavy (non-hydrogen) atoms. The molecule has 1 aliphatic heterocycles. The summed E-state index contributed by atoms with van der Waals surface area (Å²) in [5.74, 6) is -1.17. The molecule has 0 saturated carbocycles. The van der Waals surface area contributed by atoms with Crippen molar-refractivity contribution < 1.29 is 14.7 Å². The number of carbonyl (C=O) groups excluding carboxylic acids is 1. The Morgan fingerprint density at radius 3 is 2.95 bits per heavy atom. The van der Waals surface area contributed by atoms with Crippen LogP contribution >= 0.6 is 0 Å². The minimum Gasteiger partial charge on any atom is -0.477 e. The van der Waals surface area contributed by atoms with Crippen LogP contribution in [0.1, 0.15) is 29.8 Å². The number of rotatable bonds is 5.